The number of anilines is 1. The van der Waals surface area contributed by atoms with Gasteiger partial charge in [-0.1, -0.05) is 76.9 Å². The highest BCUT2D eigenvalue weighted by Gasteiger charge is 2.21. The van der Waals surface area contributed by atoms with E-state index in [-0.39, 0.29) is 5.91 Å². The lowest BCUT2D eigenvalue weighted by Gasteiger charge is -2.22. The number of para-hydroxylation sites is 1. The van der Waals surface area contributed by atoms with Crippen molar-refractivity contribution < 1.29 is 4.79 Å². The number of benzene rings is 1. The summed E-state index contributed by atoms with van der Waals surface area (Å²) in [4.78, 5) is 12.7. The van der Waals surface area contributed by atoms with Crippen molar-refractivity contribution in [1.82, 2.24) is 20.2 Å². The van der Waals surface area contributed by atoms with Gasteiger partial charge in [-0.3, -0.25) is 4.79 Å². The number of nitrogens with one attached hydrogen (secondary N) is 1. The molecule has 1 saturated carbocycles. The lowest BCUT2D eigenvalue weighted by Crippen LogP contribution is -2.19. The van der Waals surface area contributed by atoms with E-state index in [0.717, 1.165) is 23.7 Å². The van der Waals surface area contributed by atoms with Gasteiger partial charge in [0, 0.05) is 5.69 Å². The average molecular weight is 402 g/mol. The van der Waals surface area contributed by atoms with Gasteiger partial charge in [0.2, 0.25) is 11.1 Å². The maximum Gasteiger partial charge on any atom is 0.234 e. The number of aromatic nitrogens is 4. The number of amides is 1. The highest BCUT2D eigenvalue weighted by molar-refractivity contribution is 7.99. The van der Waals surface area contributed by atoms with Crippen LogP contribution in [0.5, 0.6) is 0 Å². The van der Waals surface area contributed by atoms with Crippen LogP contribution < -0.4 is 5.32 Å². The van der Waals surface area contributed by atoms with Crippen LogP contribution in [-0.2, 0) is 4.79 Å². The minimum absolute atomic E-state index is 0.0156. The highest BCUT2D eigenvalue weighted by Crippen LogP contribution is 2.33. The molecule has 0 atom stereocenters. The van der Waals surface area contributed by atoms with Crippen LogP contribution in [0, 0.1) is 0 Å². The zero-order valence-corrected chi connectivity index (χ0v) is 18.1. The maximum atomic E-state index is 12.7. The fourth-order valence-electron chi connectivity index (χ4n) is 3.84. The van der Waals surface area contributed by atoms with Crippen molar-refractivity contribution in [2.24, 2.45) is 0 Å². The molecule has 0 bridgehead atoms. The Kier molecular flexibility index (Phi) is 7.10. The third-order valence-electron chi connectivity index (χ3n) is 5.35. The largest absolute Gasteiger partial charge is 0.325 e. The third kappa shape index (κ3) is 4.93. The van der Waals surface area contributed by atoms with Crippen LogP contribution in [0.4, 0.5) is 5.69 Å². The number of nitrogens with zero attached hydrogens (tertiary/aromatic N) is 4. The number of hydrogen-bond donors (Lipinski definition) is 1. The number of rotatable bonds is 7. The first kappa shape index (κ1) is 20.8. The summed E-state index contributed by atoms with van der Waals surface area (Å²) in [6.07, 6.45) is 5.96. The minimum atomic E-state index is -0.0156. The van der Waals surface area contributed by atoms with Gasteiger partial charge in [0.05, 0.1) is 11.8 Å². The summed E-state index contributed by atoms with van der Waals surface area (Å²) in [5.41, 5.74) is 3.32. The third-order valence-corrected chi connectivity index (χ3v) is 6.29. The van der Waals surface area contributed by atoms with E-state index in [4.69, 9.17) is 0 Å². The molecule has 3 rings (SSSR count). The molecule has 1 aromatic carbocycles. The lowest BCUT2D eigenvalue weighted by atomic mass is 9.92. The Morgan fingerprint density at radius 3 is 2.39 bits per heavy atom. The van der Waals surface area contributed by atoms with Crippen molar-refractivity contribution in [1.29, 1.82) is 0 Å². The van der Waals surface area contributed by atoms with E-state index in [1.165, 1.54) is 42.2 Å². The predicted molar refractivity (Wildman–Crippen MR) is 114 cm³/mol. The van der Waals surface area contributed by atoms with E-state index < -0.39 is 0 Å². The molecule has 152 valence electrons. The molecule has 1 N–H and O–H groups in total. The van der Waals surface area contributed by atoms with Crippen molar-refractivity contribution in [2.75, 3.05) is 11.1 Å². The summed E-state index contributed by atoms with van der Waals surface area (Å²) >= 11 is 1.42. The fourth-order valence-corrected chi connectivity index (χ4v) is 4.58. The molecule has 1 heterocycles. The van der Waals surface area contributed by atoms with E-state index >= 15 is 0 Å². The summed E-state index contributed by atoms with van der Waals surface area (Å²) in [6, 6.07) is 6.64. The molecule has 6 nitrogen and oxygen atoms in total. The smallest absolute Gasteiger partial charge is 0.234 e. The minimum Gasteiger partial charge on any atom is -0.325 e. The molecule has 1 aromatic heterocycles. The van der Waals surface area contributed by atoms with E-state index in [9.17, 15) is 4.79 Å². The zero-order valence-electron chi connectivity index (χ0n) is 17.3. The topological polar surface area (TPSA) is 72.7 Å². The molecule has 0 unspecified atom stereocenters. The molecule has 1 aliphatic carbocycles. The molecular formula is C21H31N5OS. The van der Waals surface area contributed by atoms with Gasteiger partial charge in [-0.15, -0.1) is 5.10 Å². The lowest BCUT2D eigenvalue weighted by molar-refractivity contribution is -0.113. The van der Waals surface area contributed by atoms with Crippen molar-refractivity contribution in [2.45, 2.75) is 82.8 Å². The number of thioether (sulfide) groups is 1. The normalized spacial score (nSPS) is 15.4. The van der Waals surface area contributed by atoms with Crippen molar-refractivity contribution in [3.05, 3.63) is 29.3 Å². The summed E-state index contributed by atoms with van der Waals surface area (Å²) < 4.78 is 1.92. The molecular weight excluding hydrogens is 370 g/mol. The Balaban J connectivity index is 1.68. The summed E-state index contributed by atoms with van der Waals surface area (Å²) in [5.74, 6) is 0.982. The van der Waals surface area contributed by atoms with Crippen LogP contribution in [0.15, 0.2) is 23.4 Å². The number of tetrazole rings is 1. The first-order chi connectivity index (χ1) is 13.5. The van der Waals surface area contributed by atoms with Gasteiger partial charge in [-0.2, -0.15) is 0 Å². The predicted octanol–water partition coefficient (Wildman–Crippen LogP) is 5.16. The number of hydrogen-bond acceptors (Lipinski definition) is 5. The van der Waals surface area contributed by atoms with Gasteiger partial charge < -0.3 is 5.32 Å². The van der Waals surface area contributed by atoms with Gasteiger partial charge in [-0.05, 0) is 46.2 Å². The first-order valence-electron chi connectivity index (χ1n) is 10.3. The van der Waals surface area contributed by atoms with Crippen LogP contribution >= 0.6 is 11.8 Å². The molecule has 28 heavy (non-hydrogen) atoms. The quantitative estimate of drug-likeness (QED) is 0.649. The first-order valence-corrected chi connectivity index (χ1v) is 11.3. The Labute approximate surface area is 171 Å². The van der Waals surface area contributed by atoms with Crippen LogP contribution in [0.3, 0.4) is 0 Å². The Morgan fingerprint density at radius 2 is 1.79 bits per heavy atom. The molecule has 2 aromatic rings. The Hall–Kier alpha value is -1.89. The fraction of sp³-hybridized carbons (Fsp3) is 0.619. The second-order valence-corrected chi connectivity index (χ2v) is 9.10. The van der Waals surface area contributed by atoms with Gasteiger partial charge in [0.25, 0.3) is 0 Å². The molecule has 0 aliphatic heterocycles. The molecule has 1 amide bonds. The van der Waals surface area contributed by atoms with Crippen LogP contribution in [-0.4, -0.2) is 31.9 Å². The molecule has 0 spiro atoms. The van der Waals surface area contributed by atoms with E-state index in [2.05, 4.69) is 66.7 Å². The van der Waals surface area contributed by atoms with Crippen LogP contribution in [0.2, 0.25) is 0 Å². The molecule has 1 aliphatic rings. The monoisotopic (exact) mass is 401 g/mol. The highest BCUT2D eigenvalue weighted by atomic mass is 32.2. The Bertz CT molecular complexity index is 770. The van der Waals surface area contributed by atoms with Crippen molar-refractivity contribution in [3.63, 3.8) is 0 Å². The standard InChI is InChI=1S/C21H31N5OS/c1-14(2)17-11-8-12-18(15(3)4)20(17)22-19(27)13-28-21-23-24-25-26(21)16-9-6-5-7-10-16/h8,11-12,14-16H,5-7,9-10,13H2,1-4H3,(H,22,27). The zero-order chi connectivity index (χ0) is 20.1. The molecule has 0 radical (unpaired) electrons. The maximum absolute atomic E-state index is 12.7. The second-order valence-electron chi connectivity index (χ2n) is 8.16. The summed E-state index contributed by atoms with van der Waals surface area (Å²) in [6.45, 7) is 8.62. The number of carbonyl (C=O) groups is 1. The SMILES string of the molecule is CC(C)c1cccc(C(C)C)c1NC(=O)CSc1nnnn1C1CCCCC1. The second kappa shape index (κ2) is 9.54. The van der Waals surface area contributed by atoms with Gasteiger partial charge in [-0.25, -0.2) is 4.68 Å². The van der Waals surface area contributed by atoms with Gasteiger partial charge in [0.15, 0.2) is 0 Å². The summed E-state index contributed by atoms with van der Waals surface area (Å²) in [5, 5.41) is 16.1. The van der Waals surface area contributed by atoms with E-state index in [0.29, 0.717) is 23.6 Å². The Morgan fingerprint density at radius 1 is 1.14 bits per heavy atom. The van der Waals surface area contributed by atoms with Crippen LogP contribution in [0.1, 0.15) is 88.8 Å². The number of carbonyl (C=O) groups excluding carboxylic acids is 1. The van der Waals surface area contributed by atoms with Crippen molar-refractivity contribution in [3.8, 4) is 0 Å². The van der Waals surface area contributed by atoms with Crippen LogP contribution in [0.25, 0.3) is 0 Å². The summed E-state index contributed by atoms with van der Waals surface area (Å²) in [7, 11) is 0. The van der Waals surface area contributed by atoms with Crippen molar-refractivity contribution >= 4 is 23.4 Å². The van der Waals surface area contributed by atoms with E-state index in [1.807, 2.05) is 4.68 Å². The van der Waals surface area contributed by atoms with Gasteiger partial charge >= 0.3 is 0 Å². The average Bonchev–Trinajstić information content (AvgIpc) is 3.15. The molecule has 0 saturated heterocycles. The van der Waals surface area contributed by atoms with Gasteiger partial charge in [0.1, 0.15) is 0 Å². The molecule has 1 fully saturated rings. The van der Waals surface area contributed by atoms with E-state index in [1.54, 1.807) is 0 Å². The molecule has 7 heteroatoms.